The lowest BCUT2D eigenvalue weighted by atomic mass is 9.95. The number of aromatic nitrogens is 1. The van der Waals surface area contributed by atoms with E-state index in [4.69, 9.17) is 9.47 Å². The second kappa shape index (κ2) is 9.33. The van der Waals surface area contributed by atoms with E-state index in [1.54, 1.807) is 48.7 Å². The summed E-state index contributed by atoms with van der Waals surface area (Å²) in [6, 6.07) is 10.3. The van der Waals surface area contributed by atoms with E-state index >= 15 is 0 Å². The number of aliphatic hydroxyl groups excluding tert-OH is 1. The largest absolute Gasteiger partial charge is 0.507 e. The summed E-state index contributed by atoms with van der Waals surface area (Å²) in [6.45, 7) is 4.37. The molecule has 1 amide bonds. The number of amides is 1. The fourth-order valence-corrected chi connectivity index (χ4v) is 4.37. The quantitative estimate of drug-likeness (QED) is 0.304. The number of hydrogen-bond donors (Lipinski definition) is 2. The number of thiazole rings is 1. The summed E-state index contributed by atoms with van der Waals surface area (Å²) in [5, 5.41) is 23.4. The Morgan fingerprint density at radius 2 is 1.91 bits per heavy atom. The van der Waals surface area contributed by atoms with Gasteiger partial charge in [-0.15, -0.1) is 11.3 Å². The van der Waals surface area contributed by atoms with Crippen molar-refractivity contribution in [3.8, 4) is 17.2 Å². The number of phenols is 1. The Kier molecular flexibility index (Phi) is 6.32. The number of carbonyl (C=O) groups is 2. The number of carbonyl (C=O) groups excluding carboxylic acids is 2. The number of aliphatic hydroxyl groups is 1. The first-order valence-corrected chi connectivity index (χ1v) is 11.2. The van der Waals surface area contributed by atoms with E-state index in [1.165, 1.54) is 28.5 Å². The van der Waals surface area contributed by atoms with Gasteiger partial charge in [-0.2, -0.15) is 0 Å². The maximum absolute atomic E-state index is 13.2. The molecule has 0 saturated carbocycles. The Bertz CT molecular complexity index is 1220. The molecule has 33 heavy (non-hydrogen) atoms. The normalized spacial score (nSPS) is 17.4. The number of Topliss-reactive ketones (excluding diaryl/α,β-unsaturated/α-hetero) is 1. The molecule has 1 fully saturated rings. The van der Waals surface area contributed by atoms with E-state index in [-0.39, 0.29) is 22.8 Å². The lowest BCUT2D eigenvalue weighted by molar-refractivity contribution is -0.132. The molecule has 2 N–H and O–H groups in total. The van der Waals surface area contributed by atoms with Crippen LogP contribution in [0.3, 0.4) is 0 Å². The SMILES string of the molecule is CCOc1cccc(C(O)=C2C(=O)C(=O)N(c3nccs3)C2c2ccc(O)c(OCC)c2)c1. The molecule has 1 unspecified atom stereocenters. The molecule has 0 radical (unpaired) electrons. The van der Waals surface area contributed by atoms with Gasteiger partial charge in [-0.1, -0.05) is 18.2 Å². The number of anilines is 1. The van der Waals surface area contributed by atoms with Gasteiger partial charge in [0.05, 0.1) is 24.8 Å². The van der Waals surface area contributed by atoms with Crippen molar-refractivity contribution in [1.29, 1.82) is 0 Å². The van der Waals surface area contributed by atoms with Crippen LogP contribution >= 0.6 is 11.3 Å². The third kappa shape index (κ3) is 4.14. The van der Waals surface area contributed by atoms with Crippen LogP contribution in [0, 0.1) is 0 Å². The average Bonchev–Trinajstić information content (AvgIpc) is 3.42. The maximum Gasteiger partial charge on any atom is 0.301 e. The van der Waals surface area contributed by atoms with Crippen LogP contribution in [0.5, 0.6) is 17.2 Å². The van der Waals surface area contributed by atoms with Crippen molar-refractivity contribution in [2.45, 2.75) is 19.9 Å². The smallest absolute Gasteiger partial charge is 0.301 e. The molecule has 1 aromatic heterocycles. The molecule has 9 heteroatoms. The monoisotopic (exact) mass is 466 g/mol. The van der Waals surface area contributed by atoms with Crippen LogP contribution in [0.25, 0.3) is 5.76 Å². The number of ketones is 1. The molecular formula is C24H22N2O6S. The number of phenolic OH excluding ortho intramolecular Hbond substituents is 1. The van der Waals surface area contributed by atoms with Crippen molar-refractivity contribution < 1.29 is 29.3 Å². The van der Waals surface area contributed by atoms with E-state index in [2.05, 4.69) is 4.98 Å². The van der Waals surface area contributed by atoms with Crippen LogP contribution in [-0.2, 0) is 9.59 Å². The predicted octanol–water partition coefficient (Wildman–Crippen LogP) is 4.27. The standard InChI is InChI=1S/C24H22N2O6S/c1-3-31-16-7-5-6-15(12-16)21(28)19-20(14-8-9-17(27)18(13-14)32-4-2)26(23(30)22(19)29)24-25-10-11-33-24/h5-13,20,27-28H,3-4H2,1-2H3. The molecular weight excluding hydrogens is 444 g/mol. The molecule has 4 rings (SSSR count). The number of hydrogen-bond acceptors (Lipinski definition) is 8. The zero-order chi connectivity index (χ0) is 23.5. The number of ether oxygens (including phenoxy) is 2. The van der Waals surface area contributed by atoms with Crippen LogP contribution in [0.2, 0.25) is 0 Å². The molecule has 1 atom stereocenters. The lowest BCUT2D eigenvalue weighted by Crippen LogP contribution is -2.29. The second-order valence-electron chi connectivity index (χ2n) is 7.10. The third-order valence-corrected chi connectivity index (χ3v) is 5.86. The molecule has 1 aliphatic heterocycles. The molecule has 170 valence electrons. The fraction of sp³-hybridized carbons (Fsp3) is 0.208. The Hall–Kier alpha value is -3.85. The Labute approximate surface area is 194 Å². The van der Waals surface area contributed by atoms with Crippen LogP contribution in [0.4, 0.5) is 5.13 Å². The second-order valence-corrected chi connectivity index (χ2v) is 7.98. The Morgan fingerprint density at radius 1 is 1.12 bits per heavy atom. The van der Waals surface area contributed by atoms with E-state index in [0.29, 0.717) is 35.2 Å². The van der Waals surface area contributed by atoms with Gasteiger partial charge in [0.15, 0.2) is 16.6 Å². The topological polar surface area (TPSA) is 109 Å². The molecule has 8 nitrogen and oxygen atoms in total. The summed E-state index contributed by atoms with van der Waals surface area (Å²) < 4.78 is 11.0. The minimum atomic E-state index is -0.966. The van der Waals surface area contributed by atoms with Gasteiger partial charge in [-0.05, 0) is 43.7 Å². The minimum Gasteiger partial charge on any atom is -0.507 e. The summed E-state index contributed by atoms with van der Waals surface area (Å²) in [5.74, 6) is -1.31. The first kappa shape index (κ1) is 22.3. The van der Waals surface area contributed by atoms with Crippen molar-refractivity contribution in [2.75, 3.05) is 18.1 Å². The third-order valence-electron chi connectivity index (χ3n) is 5.09. The van der Waals surface area contributed by atoms with Crippen molar-refractivity contribution >= 4 is 33.9 Å². The molecule has 0 bridgehead atoms. The van der Waals surface area contributed by atoms with E-state index < -0.39 is 17.7 Å². The number of nitrogens with zero attached hydrogens (tertiary/aromatic N) is 2. The molecule has 0 spiro atoms. The number of rotatable bonds is 7. The summed E-state index contributed by atoms with van der Waals surface area (Å²) in [4.78, 5) is 31.7. The van der Waals surface area contributed by atoms with Crippen LogP contribution < -0.4 is 14.4 Å². The first-order chi connectivity index (χ1) is 16.0. The highest BCUT2D eigenvalue weighted by Gasteiger charge is 2.48. The van der Waals surface area contributed by atoms with Gasteiger partial charge in [0.2, 0.25) is 0 Å². The Morgan fingerprint density at radius 3 is 2.61 bits per heavy atom. The van der Waals surface area contributed by atoms with Gasteiger partial charge >= 0.3 is 5.91 Å². The van der Waals surface area contributed by atoms with Gasteiger partial charge in [0.25, 0.3) is 5.78 Å². The van der Waals surface area contributed by atoms with Crippen molar-refractivity contribution in [3.05, 3.63) is 70.7 Å². The summed E-state index contributed by atoms with van der Waals surface area (Å²) >= 11 is 1.20. The minimum absolute atomic E-state index is 0.0729. The van der Waals surface area contributed by atoms with E-state index in [0.717, 1.165) is 0 Å². The van der Waals surface area contributed by atoms with Crippen molar-refractivity contribution in [1.82, 2.24) is 4.98 Å². The average molecular weight is 467 g/mol. The maximum atomic E-state index is 13.2. The number of benzene rings is 2. The van der Waals surface area contributed by atoms with Gasteiger partial charge in [-0.25, -0.2) is 4.98 Å². The van der Waals surface area contributed by atoms with Crippen LogP contribution in [0.1, 0.15) is 31.0 Å². The predicted molar refractivity (Wildman–Crippen MR) is 124 cm³/mol. The zero-order valence-corrected chi connectivity index (χ0v) is 18.8. The van der Waals surface area contributed by atoms with Gasteiger partial charge in [0.1, 0.15) is 11.5 Å². The highest BCUT2D eigenvalue weighted by Crippen LogP contribution is 2.44. The van der Waals surface area contributed by atoms with Gasteiger partial charge < -0.3 is 19.7 Å². The summed E-state index contributed by atoms with van der Waals surface area (Å²) in [6.07, 6.45) is 1.53. The molecule has 1 aliphatic rings. The van der Waals surface area contributed by atoms with Crippen LogP contribution in [0.15, 0.2) is 59.6 Å². The zero-order valence-electron chi connectivity index (χ0n) is 18.0. The van der Waals surface area contributed by atoms with Crippen molar-refractivity contribution in [2.24, 2.45) is 0 Å². The fourth-order valence-electron chi connectivity index (χ4n) is 3.71. The molecule has 1 saturated heterocycles. The molecule has 0 aliphatic carbocycles. The summed E-state index contributed by atoms with van der Waals surface area (Å²) in [5.41, 5.74) is 0.733. The highest BCUT2D eigenvalue weighted by atomic mass is 32.1. The van der Waals surface area contributed by atoms with Crippen LogP contribution in [-0.4, -0.2) is 40.1 Å². The molecule has 3 aromatic rings. The summed E-state index contributed by atoms with van der Waals surface area (Å²) in [7, 11) is 0. The molecule has 2 heterocycles. The van der Waals surface area contributed by atoms with E-state index in [1.807, 2.05) is 6.92 Å². The van der Waals surface area contributed by atoms with E-state index in [9.17, 15) is 19.8 Å². The van der Waals surface area contributed by atoms with Gasteiger partial charge in [-0.3, -0.25) is 14.5 Å². The number of aromatic hydroxyl groups is 1. The highest BCUT2D eigenvalue weighted by molar-refractivity contribution is 7.14. The Balaban J connectivity index is 1.92. The lowest BCUT2D eigenvalue weighted by Gasteiger charge is -2.23. The first-order valence-electron chi connectivity index (χ1n) is 10.4. The van der Waals surface area contributed by atoms with Gasteiger partial charge in [0, 0.05) is 17.1 Å². The molecule has 2 aromatic carbocycles. The van der Waals surface area contributed by atoms with Crippen molar-refractivity contribution in [3.63, 3.8) is 0 Å².